The molecule has 1 aromatic rings. The molecule has 0 N–H and O–H groups in total. The monoisotopic (exact) mass is 369 g/mol. The summed E-state index contributed by atoms with van der Waals surface area (Å²) in [6.45, 7) is 8.09. The van der Waals surface area contributed by atoms with E-state index in [1.807, 2.05) is 4.90 Å². The molecule has 132 valence electrons. The lowest BCUT2D eigenvalue weighted by molar-refractivity contribution is 0.0619. The first-order valence-electron chi connectivity index (χ1n) is 8.83. The zero-order chi connectivity index (χ0) is 16.9. The number of piperidine rings is 1. The van der Waals surface area contributed by atoms with Gasteiger partial charge in [0, 0.05) is 39.3 Å². The van der Waals surface area contributed by atoms with Gasteiger partial charge in [0.25, 0.3) is 5.91 Å². The minimum atomic E-state index is -0.0156. The Hall–Kier alpha value is -0.810. The predicted octanol–water partition coefficient (Wildman–Crippen LogP) is 3.24. The van der Waals surface area contributed by atoms with Gasteiger partial charge in [-0.25, -0.2) is 0 Å². The molecule has 0 spiro atoms. The van der Waals surface area contributed by atoms with Crippen molar-refractivity contribution in [1.82, 2.24) is 14.7 Å². The van der Waals surface area contributed by atoms with Crippen molar-refractivity contribution in [2.45, 2.75) is 19.3 Å². The molecule has 4 nitrogen and oxygen atoms in total. The Kier molecular flexibility index (Phi) is 6.39. The molecule has 2 aliphatic rings. The maximum absolute atomic E-state index is 12.6. The molecular weight excluding hydrogens is 345 g/mol. The Labute approximate surface area is 154 Å². The van der Waals surface area contributed by atoms with E-state index in [0.29, 0.717) is 15.6 Å². The van der Waals surface area contributed by atoms with E-state index in [4.69, 9.17) is 23.2 Å². The van der Waals surface area contributed by atoms with Crippen LogP contribution in [0.3, 0.4) is 0 Å². The Morgan fingerprint density at radius 3 is 2.17 bits per heavy atom. The van der Waals surface area contributed by atoms with Crippen LogP contribution in [0, 0.1) is 0 Å². The van der Waals surface area contributed by atoms with Crippen LogP contribution in [0.5, 0.6) is 0 Å². The van der Waals surface area contributed by atoms with Crippen LogP contribution in [0.15, 0.2) is 18.2 Å². The molecular formula is C18H25Cl2N3O. The van der Waals surface area contributed by atoms with E-state index in [0.717, 1.165) is 39.3 Å². The smallest absolute Gasteiger partial charge is 0.255 e. The summed E-state index contributed by atoms with van der Waals surface area (Å²) in [5.41, 5.74) is 0.505. The molecule has 0 bridgehead atoms. The lowest BCUT2D eigenvalue weighted by Crippen LogP contribution is -2.50. The zero-order valence-electron chi connectivity index (χ0n) is 14.0. The molecule has 0 aliphatic carbocycles. The van der Waals surface area contributed by atoms with Gasteiger partial charge < -0.3 is 9.80 Å². The quantitative estimate of drug-likeness (QED) is 0.814. The van der Waals surface area contributed by atoms with Crippen molar-refractivity contribution < 1.29 is 4.79 Å². The van der Waals surface area contributed by atoms with Crippen LogP contribution in [0.25, 0.3) is 0 Å². The number of amides is 1. The minimum absolute atomic E-state index is 0.0156. The lowest BCUT2D eigenvalue weighted by Gasteiger charge is -2.36. The number of hydrogen-bond donors (Lipinski definition) is 0. The van der Waals surface area contributed by atoms with Gasteiger partial charge in [0.05, 0.1) is 15.6 Å². The molecule has 0 radical (unpaired) electrons. The van der Waals surface area contributed by atoms with Gasteiger partial charge in [-0.2, -0.15) is 0 Å². The molecule has 0 unspecified atom stereocenters. The second kappa shape index (κ2) is 8.52. The first kappa shape index (κ1) is 18.0. The highest BCUT2D eigenvalue weighted by molar-refractivity contribution is 6.43. The van der Waals surface area contributed by atoms with E-state index in [1.165, 1.54) is 32.4 Å². The van der Waals surface area contributed by atoms with Crippen molar-refractivity contribution in [3.05, 3.63) is 33.8 Å². The van der Waals surface area contributed by atoms with Crippen LogP contribution in [0.4, 0.5) is 0 Å². The second-order valence-electron chi connectivity index (χ2n) is 6.64. The number of carbonyl (C=O) groups excluding carboxylic acids is 1. The Bertz CT molecular complexity index is 567. The van der Waals surface area contributed by atoms with Gasteiger partial charge in [0.1, 0.15) is 0 Å². The second-order valence-corrected chi connectivity index (χ2v) is 7.42. The van der Waals surface area contributed by atoms with Crippen LogP contribution in [0.1, 0.15) is 29.6 Å². The predicted molar refractivity (Wildman–Crippen MR) is 99.1 cm³/mol. The Balaban J connectivity index is 1.47. The number of likely N-dealkylation sites (tertiary alicyclic amines) is 1. The summed E-state index contributed by atoms with van der Waals surface area (Å²) >= 11 is 12.2. The number of piperazine rings is 1. The van der Waals surface area contributed by atoms with Crippen molar-refractivity contribution in [3.63, 3.8) is 0 Å². The van der Waals surface area contributed by atoms with Crippen molar-refractivity contribution in [1.29, 1.82) is 0 Å². The molecule has 6 heteroatoms. The van der Waals surface area contributed by atoms with Gasteiger partial charge in [-0.05, 0) is 38.1 Å². The van der Waals surface area contributed by atoms with Crippen LogP contribution >= 0.6 is 23.2 Å². The van der Waals surface area contributed by atoms with Crippen molar-refractivity contribution >= 4 is 29.1 Å². The highest BCUT2D eigenvalue weighted by Gasteiger charge is 2.24. The maximum Gasteiger partial charge on any atom is 0.255 e. The maximum atomic E-state index is 12.6. The molecule has 0 saturated carbocycles. The number of carbonyl (C=O) groups is 1. The summed E-state index contributed by atoms with van der Waals surface area (Å²) in [5, 5.41) is 0.791. The average molecular weight is 370 g/mol. The van der Waals surface area contributed by atoms with Gasteiger partial charge in [-0.3, -0.25) is 9.69 Å². The Morgan fingerprint density at radius 1 is 0.875 bits per heavy atom. The largest absolute Gasteiger partial charge is 0.336 e. The SMILES string of the molecule is O=C(c1cccc(Cl)c1Cl)N1CCN(CCN2CCCCC2)CC1. The van der Waals surface area contributed by atoms with Crippen LogP contribution in [-0.2, 0) is 0 Å². The van der Waals surface area contributed by atoms with E-state index in [1.54, 1.807) is 18.2 Å². The molecule has 2 fully saturated rings. The van der Waals surface area contributed by atoms with Gasteiger partial charge >= 0.3 is 0 Å². The van der Waals surface area contributed by atoms with Gasteiger partial charge in [-0.1, -0.05) is 35.7 Å². The fourth-order valence-corrected chi connectivity index (χ4v) is 3.86. The molecule has 3 rings (SSSR count). The van der Waals surface area contributed by atoms with E-state index in [-0.39, 0.29) is 5.91 Å². The molecule has 1 aromatic carbocycles. The highest BCUT2D eigenvalue weighted by atomic mass is 35.5. The summed E-state index contributed by atoms with van der Waals surface area (Å²) in [6.07, 6.45) is 4.05. The number of halogens is 2. The topological polar surface area (TPSA) is 26.8 Å². The third kappa shape index (κ3) is 4.42. The number of nitrogens with zero attached hydrogens (tertiary/aromatic N) is 3. The summed E-state index contributed by atoms with van der Waals surface area (Å²) in [5.74, 6) is -0.0156. The Morgan fingerprint density at radius 2 is 1.50 bits per heavy atom. The van der Waals surface area contributed by atoms with Gasteiger partial charge in [0.2, 0.25) is 0 Å². The molecule has 2 saturated heterocycles. The number of hydrogen-bond acceptors (Lipinski definition) is 3. The summed E-state index contributed by atoms with van der Waals surface area (Å²) in [7, 11) is 0. The van der Waals surface area contributed by atoms with Gasteiger partial charge in [-0.15, -0.1) is 0 Å². The molecule has 2 aliphatic heterocycles. The number of benzene rings is 1. The summed E-state index contributed by atoms with van der Waals surface area (Å²) in [6, 6.07) is 5.23. The fourth-order valence-electron chi connectivity index (χ4n) is 3.48. The third-order valence-corrected chi connectivity index (χ3v) is 5.84. The van der Waals surface area contributed by atoms with Crippen molar-refractivity contribution in [2.75, 3.05) is 52.4 Å². The van der Waals surface area contributed by atoms with Crippen LogP contribution in [0.2, 0.25) is 10.0 Å². The van der Waals surface area contributed by atoms with E-state index < -0.39 is 0 Å². The fraction of sp³-hybridized carbons (Fsp3) is 0.611. The van der Waals surface area contributed by atoms with E-state index in [9.17, 15) is 4.79 Å². The molecule has 0 aromatic heterocycles. The molecule has 2 heterocycles. The minimum Gasteiger partial charge on any atom is -0.336 e. The van der Waals surface area contributed by atoms with Crippen molar-refractivity contribution in [2.24, 2.45) is 0 Å². The first-order chi connectivity index (χ1) is 11.6. The van der Waals surface area contributed by atoms with Crippen molar-refractivity contribution in [3.8, 4) is 0 Å². The standard InChI is InChI=1S/C18H25Cl2N3O/c19-16-6-4-5-15(17(16)20)18(24)23-13-11-22(12-14-23)10-9-21-7-2-1-3-8-21/h4-6H,1-3,7-14H2. The van der Waals surface area contributed by atoms with Crippen LogP contribution < -0.4 is 0 Å². The highest BCUT2D eigenvalue weighted by Crippen LogP contribution is 2.26. The summed E-state index contributed by atoms with van der Waals surface area (Å²) < 4.78 is 0. The zero-order valence-corrected chi connectivity index (χ0v) is 15.5. The molecule has 0 atom stereocenters. The lowest BCUT2D eigenvalue weighted by atomic mass is 10.1. The summed E-state index contributed by atoms with van der Waals surface area (Å²) in [4.78, 5) is 19.5. The third-order valence-electron chi connectivity index (χ3n) is 5.02. The van der Waals surface area contributed by atoms with E-state index in [2.05, 4.69) is 9.80 Å². The molecule has 24 heavy (non-hydrogen) atoms. The van der Waals surface area contributed by atoms with Gasteiger partial charge in [0.15, 0.2) is 0 Å². The first-order valence-corrected chi connectivity index (χ1v) is 9.59. The average Bonchev–Trinajstić information content (AvgIpc) is 2.63. The van der Waals surface area contributed by atoms with Crippen LogP contribution in [-0.4, -0.2) is 73.0 Å². The molecule has 1 amide bonds. The number of rotatable bonds is 4. The normalized spacial score (nSPS) is 20.3. The van der Waals surface area contributed by atoms with E-state index >= 15 is 0 Å².